The number of aryl methyl sites for hydroxylation is 3. The fourth-order valence-electron chi connectivity index (χ4n) is 7.56. The van der Waals surface area contributed by atoms with Crippen LogP contribution in [0.5, 0.6) is 5.75 Å². The van der Waals surface area contributed by atoms with Crippen LogP contribution in [0.4, 0.5) is 11.6 Å². The Balaban J connectivity index is 0.852. The van der Waals surface area contributed by atoms with Gasteiger partial charge < -0.3 is 31.0 Å². The summed E-state index contributed by atoms with van der Waals surface area (Å²) < 4.78 is 41.9. The largest absolute Gasteiger partial charge is 0.748 e. The standard InChI is InChI=1S/C46H47N9O8S/c1-28-24-31(25-29(2)40(28)63-45(59)38-34-12-5-7-14-36(34)55(22-11-23-64(60,61)62)37-15-8-6-13-35(37)38)43(57)49-21-10-4-3-9-20-48-42(56)30-16-18-32(19-17-30)50-26-33-27-51-41-39(52-33)44(58)54-46(47)53-41/h5-8,12-19,24-25,27H,3-4,9-11,20-23,26H2,1-2H3,(H6-,47,48,49,50,51,53,54,56,57,58,60,61,62). The van der Waals surface area contributed by atoms with Crippen LogP contribution in [0.15, 0.2) is 95.9 Å². The molecule has 17 nitrogen and oxygen atoms in total. The number of anilines is 2. The number of carbonyl (C=O) groups is 3. The fraction of sp³-hybridized carbons (Fsp3) is 0.261. The van der Waals surface area contributed by atoms with E-state index in [9.17, 15) is 32.1 Å². The molecule has 330 valence electrons. The van der Waals surface area contributed by atoms with Crippen LogP contribution in [-0.2, 0) is 23.2 Å². The molecule has 18 heteroatoms. The number of nitrogen functional groups attached to an aromatic ring is 1. The summed E-state index contributed by atoms with van der Waals surface area (Å²) in [4.78, 5) is 66.9. The number of amides is 2. The van der Waals surface area contributed by atoms with E-state index in [2.05, 4.69) is 35.9 Å². The molecule has 7 rings (SSSR count). The van der Waals surface area contributed by atoms with Crippen molar-refractivity contribution in [1.82, 2.24) is 30.6 Å². The molecule has 4 aromatic carbocycles. The number of aromatic amines is 1. The predicted octanol–water partition coefficient (Wildman–Crippen LogP) is 4.99. The van der Waals surface area contributed by atoms with Gasteiger partial charge in [0.2, 0.25) is 17.0 Å². The molecule has 7 aromatic rings. The van der Waals surface area contributed by atoms with Gasteiger partial charge in [0, 0.05) is 54.2 Å². The lowest BCUT2D eigenvalue weighted by molar-refractivity contribution is -0.645. The maximum Gasteiger partial charge on any atom is 0.345 e. The molecule has 0 atom stereocenters. The highest BCUT2D eigenvalue weighted by atomic mass is 32.2. The minimum atomic E-state index is -4.39. The van der Waals surface area contributed by atoms with Gasteiger partial charge in [0.25, 0.3) is 17.4 Å². The summed E-state index contributed by atoms with van der Waals surface area (Å²) >= 11 is 0. The first-order chi connectivity index (χ1) is 30.8. The van der Waals surface area contributed by atoms with Crippen molar-refractivity contribution in [3.05, 3.63) is 135 Å². The first-order valence-corrected chi connectivity index (χ1v) is 22.4. The fourth-order valence-corrected chi connectivity index (χ4v) is 8.04. The number of unbranched alkanes of at least 4 members (excludes halogenated alkanes) is 3. The van der Waals surface area contributed by atoms with E-state index < -0.39 is 27.4 Å². The summed E-state index contributed by atoms with van der Waals surface area (Å²) in [5.41, 5.74) is 10.6. The number of H-pyrrole nitrogens is 1. The van der Waals surface area contributed by atoms with Gasteiger partial charge in [0.15, 0.2) is 17.7 Å². The smallest absolute Gasteiger partial charge is 0.345 e. The van der Waals surface area contributed by atoms with E-state index in [0.29, 0.717) is 80.7 Å². The Morgan fingerprint density at radius 2 is 1.39 bits per heavy atom. The molecule has 0 aliphatic carbocycles. The van der Waals surface area contributed by atoms with Crippen molar-refractivity contribution in [2.24, 2.45) is 0 Å². The maximum absolute atomic E-state index is 14.0. The molecule has 0 unspecified atom stereocenters. The summed E-state index contributed by atoms with van der Waals surface area (Å²) in [7, 11) is -4.39. The lowest BCUT2D eigenvalue weighted by Gasteiger charge is -2.15. The number of pyridine rings is 1. The van der Waals surface area contributed by atoms with E-state index in [0.717, 1.165) is 31.4 Å². The topological polar surface area (TPSA) is 255 Å². The van der Waals surface area contributed by atoms with Crippen molar-refractivity contribution in [3.63, 3.8) is 0 Å². The Kier molecular flexibility index (Phi) is 13.8. The third kappa shape index (κ3) is 10.8. The summed E-state index contributed by atoms with van der Waals surface area (Å²) in [5.74, 6) is -1.18. The minimum absolute atomic E-state index is 0.0281. The van der Waals surface area contributed by atoms with Gasteiger partial charge in [0.05, 0.1) is 44.9 Å². The Morgan fingerprint density at radius 3 is 2.00 bits per heavy atom. The van der Waals surface area contributed by atoms with Crippen molar-refractivity contribution in [2.75, 3.05) is 29.9 Å². The van der Waals surface area contributed by atoms with Crippen LogP contribution < -0.4 is 36.5 Å². The van der Waals surface area contributed by atoms with Crippen LogP contribution in [0, 0.1) is 13.8 Å². The monoisotopic (exact) mass is 885 g/mol. The third-order valence-corrected chi connectivity index (χ3v) is 11.4. The Bertz CT molecular complexity index is 2990. The molecule has 64 heavy (non-hydrogen) atoms. The van der Waals surface area contributed by atoms with Crippen molar-refractivity contribution in [3.8, 4) is 5.75 Å². The zero-order chi connectivity index (χ0) is 45.4. The number of benzene rings is 4. The van der Waals surface area contributed by atoms with E-state index in [4.69, 9.17) is 10.5 Å². The molecule has 0 aliphatic heterocycles. The molecule has 0 radical (unpaired) electrons. The lowest BCUT2D eigenvalue weighted by atomic mass is 10.0. The molecule has 3 aromatic heterocycles. The number of nitrogens with two attached hydrogens (primary N) is 1. The molecular weight excluding hydrogens is 839 g/mol. The number of nitrogens with one attached hydrogen (secondary N) is 4. The van der Waals surface area contributed by atoms with Gasteiger partial charge in [-0.2, -0.15) is 9.55 Å². The molecule has 3 heterocycles. The summed E-state index contributed by atoms with van der Waals surface area (Å²) in [5, 5.41) is 10.3. The molecule has 0 spiro atoms. The van der Waals surface area contributed by atoms with Crippen LogP contribution in [0.25, 0.3) is 33.0 Å². The van der Waals surface area contributed by atoms with Gasteiger partial charge in [-0.05, 0) is 86.3 Å². The average Bonchev–Trinajstić information content (AvgIpc) is 3.27. The number of nitrogens with zero attached hydrogens (tertiary/aromatic N) is 4. The molecule has 0 saturated carbocycles. The van der Waals surface area contributed by atoms with Crippen LogP contribution in [0.3, 0.4) is 0 Å². The number of hydrogen-bond donors (Lipinski definition) is 5. The molecule has 0 saturated heterocycles. The number of esters is 1. The van der Waals surface area contributed by atoms with Crippen molar-refractivity contribution < 1.29 is 36.7 Å². The summed E-state index contributed by atoms with van der Waals surface area (Å²) in [6.45, 7) is 5.10. The lowest BCUT2D eigenvalue weighted by Crippen LogP contribution is -2.37. The second kappa shape index (κ2) is 19.8. The van der Waals surface area contributed by atoms with Crippen LogP contribution in [0.1, 0.15) is 80.0 Å². The quantitative estimate of drug-likeness (QED) is 0.0190. The highest BCUT2D eigenvalue weighted by Gasteiger charge is 2.26. The summed E-state index contributed by atoms with van der Waals surface area (Å²) in [6.07, 6.45) is 4.88. The van der Waals surface area contributed by atoms with Crippen LogP contribution in [-0.4, -0.2) is 69.5 Å². The number of carbonyl (C=O) groups excluding carboxylic acids is 3. The summed E-state index contributed by atoms with van der Waals surface area (Å²) in [6, 6.07) is 25.0. The second-order valence-electron chi connectivity index (χ2n) is 15.3. The zero-order valence-corrected chi connectivity index (χ0v) is 36.1. The van der Waals surface area contributed by atoms with E-state index in [1.54, 1.807) is 62.4 Å². The van der Waals surface area contributed by atoms with E-state index in [1.807, 2.05) is 41.0 Å². The number of aromatic nitrogens is 5. The highest BCUT2D eigenvalue weighted by Crippen LogP contribution is 2.30. The number of fused-ring (bicyclic) bond motifs is 3. The Morgan fingerprint density at radius 1 is 0.797 bits per heavy atom. The van der Waals surface area contributed by atoms with E-state index in [-0.39, 0.29) is 41.9 Å². The molecule has 0 aliphatic rings. The number of para-hydroxylation sites is 2. The van der Waals surface area contributed by atoms with Crippen molar-refractivity contribution in [2.45, 2.75) is 59.0 Å². The SMILES string of the molecule is Cc1cc(C(=O)NCCCCCCNC(=O)c2ccc(NCc3cnc4nc(N)[nH]c(=O)c4n3)cc2)cc(C)c1OC(=O)c1c2ccccc2[n+](CCCS(=O)(=O)[O-])c2ccccc12. The molecule has 2 amide bonds. The minimum Gasteiger partial charge on any atom is -0.748 e. The first-order valence-electron chi connectivity index (χ1n) is 20.8. The van der Waals surface area contributed by atoms with Crippen LogP contribution in [0.2, 0.25) is 0 Å². The third-order valence-electron chi connectivity index (χ3n) is 10.6. The van der Waals surface area contributed by atoms with Crippen molar-refractivity contribution in [1.29, 1.82) is 0 Å². The van der Waals surface area contributed by atoms with Crippen molar-refractivity contribution >= 4 is 72.5 Å². The Labute approximate surface area is 368 Å². The molecule has 6 N–H and O–H groups in total. The molecule has 0 bridgehead atoms. The van der Waals surface area contributed by atoms with Gasteiger partial charge in [-0.3, -0.25) is 19.4 Å². The van der Waals surface area contributed by atoms with Gasteiger partial charge in [-0.1, -0.05) is 37.1 Å². The van der Waals surface area contributed by atoms with Crippen LogP contribution >= 0.6 is 0 Å². The second-order valence-corrected chi connectivity index (χ2v) is 16.9. The van der Waals surface area contributed by atoms with E-state index in [1.165, 1.54) is 6.20 Å². The number of rotatable bonds is 18. The van der Waals surface area contributed by atoms with Gasteiger partial charge in [-0.15, -0.1) is 0 Å². The Hall–Kier alpha value is -7.31. The maximum atomic E-state index is 14.0. The number of ether oxygens (including phenoxy) is 1. The number of hydrogen-bond acceptors (Lipinski definition) is 13. The van der Waals surface area contributed by atoms with E-state index >= 15 is 0 Å². The van der Waals surface area contributed by atoms with Gasteiger partial charge >= 0.3 is 5.97 Å². The molecule has 0 fully saturated rings. The first kappa shape index (κ1) is 44.7. The highest BCUT2D eigenvalue weighted by molar-refractivity contribution is 7.85. The molecular formula is C46H47N9O8S. The van der Waals surface area contributed by atoms with Gasteiger partial charge in [-0.25, -0.2) is 23.2 Å². The van der Waals surface area contributed by atoms with Gasteiger partial charge in [0.1, 0.15) is 5.75 Å². The normalized spacial score (nSPS) is 11.5. The average molecular weight is 886 g/mol. The zero-order valence-electron chi connectivity index (χ0n) is 35.3. The predicted molar refractivity (Wildman–Crippen MR) is 241 cm³/mol.